The van der Waals surface area contributed by atoms with Gasteiger partial charge in [0, 0.05) is 43.5 Å². The van der Waals surface area contributed by atoms with Gasteiger partial charge in [-0.05, 0) is 43.5 Å². The highest BCUT2D eigenvalue weighted by Gasteiger charge is 2.17. The predicted octanol–water partition coefficient (Wildman–Crippen LogP) is 2.49. The summed E-state index contributed by atoms with van der Waals surface area (Å²) in [5.74, 6) is 2.16. The summed E-state index contributed by atoms with van der Waals surface area (Å²) in [7, 11) is 2.03. The van der Waals surface area contributed by atoms with Crippen LogP contribution < -0.4 is 26.6 Å². The maximum atomic E-state index is 11.6. The molecule has 1 aliphatic heterocycles. The number of hydrogen-bond donors (Lipinski definition) is 4. The molecule has 5 N–H and O–H groups in total. The van der Waals surface area contributed by atoms with Crippen LogP contribution in [-0.4, -0.2) is 48.6 Å². The quantitative estimate of drug-likeness (QED) is 0.542. The largest absolute Gasteiger partial charge is 0.366 e. The fraction of sp³-hybridized carbons (Fsp3) is 0.476. The molecule has 2 heterocycles. The average Bonchev–Trinajstić information content (AvgIpc) is 3.15. The van der Waals surface area contributed by atoms with Crippen molar-refractivity contribution >= 4 is 29.2 Å². The van der Waals surface area contributed by atoms with Crippen molar-refractivity contribution in [1.29, 1.82) is 0 Å². The highest BCUT2D eigenvalue weighted by atomic mass is 16.1. The predicted molar refractivity (Wildman–Crippen MR) is 118 cm³/mol. The van der Waals surface area contributed by atoms with Crippen LogP contribution in [0.5, 0.6) is 0 Å². The number of rotatable bonds is 8. The normalized spacial score (nSPS) is 16.1. The number of hydrogen-bond acceptors (Lipinski definition) is 7. The van der Waals surface area contributed by atoms with Gasteiger partial charge in [-0.15, -0.1) is 0 Å². The van der Waals surface area contributed by atoms with Gasteiger partial charge < -0.3 is 26.6 Å². The Balaban J connectivity index is 1.91. The number of aryl methyl sites for hydroxylation is 1. The molecule has 1 aliphatic rings. The van der Waals surface area contributed by atoms with E-state index in [1.54, 1.807) is 12.1 Å². The lowest BCUT2D eigenvalue weighted by Crippen LogP contribution is -2.26. The number of nitrogens with one attached hydrogen (secondary N) is 3. The lowest BCUT2D eigenvalue weighted by molar-refractivity contribution is 0.100. The highest BCUT2D eigenvalue weighted by molar-refractivity contribution is 5.94. The van der Waals surface area contributed by atoms with Crippen molar-refractivity contribution in [3.8, 4) is 0 Å². The topological polar surface area (TPSA) is 108 Å². The first-order valence-corrected chi connectivity index (χ1v) is 10.1. The van der Waals surface area contributed by atoms with E-state index in [0.29, 0.717) is 29.3 Å². The van der Waals surface area contributed by atoms with Crippen molar-refractivity contribution in [2.45, 2.75) is 33.2 Å². The second-order valence-electron chi connectivity index (χ2n) is 8.06. The Labute approximate surface area is 172 Å². The van der Waals surface area contributed by atoms with Crippen LogP contribution in [0.2, 0.25) is 0 Å². The van der Waals surface area contributed by atoms with Crippen LogP contribution in [0, 0.1) is 12.8 Å². The monoisotopic (exact) mass is 397 g/mol. The molecule has 3 rings (SSSR count). The van der Waals surface area contributed by atoms with E-state index in [-0.39, 0.29) is 0 Å². The summed E-state index contributed by atoms with van der Waals surface area (Å²) in [4.78, 5) is 23.1. The van der Waals surface area contributed by atoms with Crippen molar-refractivity contribution in [2.75, 3.05) is 42.2 Å². The lowest BCUT2D eigenvalue weighted by atomic mass is 10.1. The maximum Gasteiger partial charge on any atom is 0.248 e. The van der Waals surface area contributed by atoms with E-state index in [1.165, 1.54) is 0 Å². The molecule has 0 radical (unpaired) electrons. The molecule has 0 unspecified atom stereocenters. The molecule has 156 valence electrons. The van der Waals surface area contributed by atoms with Crippen molar-refractivity contribution in [2.24, 2.45) is 11.7 Å². The second-order valence-corrected chi connectivity index (χ2v) is 8.06. The Kier molecular flexibility index (Phi) is 6.53. The second kappa shape index (κ2) is 9.09. The van der Waals surface area contributed by atoms with E-state index in [0.717, 1.165) is 43.1 Å². The van der Waals surface area contributed by atoms with Crippen molar-refractivity contribution in [1.82, 2.24) is 15.3 Å². The number of nitrogens with two attached hydrogens (primary N) is 1. The summed E-state index contributed by atoms with van der Waals surface area (Å²) in [5.41, 5.74) is 7.69. The van der Waals surface area contributed by atoms with E-state index in [4.69, 9.17) is 10.7 Å². The first-order chi connectivity index (χ1) is 13.8. The molecular weight excluding hydrogens is 366 g/mol. The van der Waals surface area contributed by atoms with Crippen LogP contribution in [0.4, 0.5) is 23.3 Å². The van der Waals surface area contributed by atoms with Gasteiger partial charge in [0.25, 0.3) is 0 Å². The molecule has 0 spiro atoms. The van der Waals surface area contributed by atoms with Gasteiger partial charge >= 0.3 is 0 Å². The lowest BCUT2D eigenvalue weighted by Gasteiger charge is -2.22. The van der Waals surface area contributed by atoms with E-state index in [2.05, 4.69) is 39.7 Å². The molecule has 1 fully saturated rings. The summed E-state index contributed by atoms with van der Waals surface area (Å²) in [6.45, 7) is 9.12. The van der Waals surface area contributed by atoms with Crippen LogP contribution in [0.25, 0.3) is 0 Å². The van der Waals surface area contributed by atoms with Crippen LogP contribution >= 0.6 is 0 Å². The number of anilines is 4. The minimum Gasteiger partial charge on any atom is -0.366 e. The number of nitrogens with zero attached hydrogens (tertiary/aromatic N) is 3. The van der Waals surface area contributed by atoms with Crippen molar-refractivity contribution < 1.29 is 4.79 Å². The molecule has 8 nitrogen and oxygen atoms in total. The standard InChI is InChI=1S/C21H31N7O/c1-13(2)12-28(4)19-10-18(26-21(27-19)24-16-7-8-23-11-16)25-17-9-15(20(22)29)6-5-14(17)3/h5-6,9-10,13,16,23H,7-8,11-12H2,1-4H3,(H2,22,29)(H2,24,25,26,27)/t16-/m1/s1. The fourth-order valence-electron chi connectivity index (χ4n) is 3.41. The third kappa shape index (κ3) is 5.57. The molecule has 29 heavy (non-hydrogen) atoms. The minimum absolute atomic E-state index is 0.313. The van der Waals surface area contributed by atoms with Gasteiger partial charge in [0.1, 0.15) is 11.6 Å². The number of benzene rings is 1. The third-order valence-electron chi connectivity index (χ3n) is 4.92. The Morgan fingerprint density at radius 2 is 2.14 bits per heavy atom. The number of carbonyl (C=O) groups excluding carboxylic acids is 1. The van der Waals surface area contributed by atoms with Gasteiger partial charge in [0.05, 0.1) is 0 Å². The van der Waals surface area contributed by atoms with Gasteiger partial charge in [-0.1, -0.05) is 19.9 Å². The van der Waals surface area contributed by atoms with Crippen molar-refractivity contribution in [3.63, 3.8) is 0 Å². The molecule has 1 aromatic heterocycles. The summed E-state index contributed by atoms with van der Waals surface area (Å²) in [6, 6.07) is 7.60. The molecule has 1 aromatic carbocycles. The van der Waals surface area contributed by atoms with E-state index < -0.39 is 5.91 Å². The summed E-state index contributed by atoms with van der Waals surface area (Å²) in [6.07, 6.45) is 1.04. The third-order valence-corrected chi connectivity index (χ3v) is 4.92. The molecule has 8 heteroatoms. The average molecular weight is 398 g/mol. The summed E-state index contributed by atoms with van der Waals surface area (Å²) in [5, 5.41) is 10.1. The van der Waals surface area contributed by atoms with Gasteiger partial charge in [-0.25, -0.2) is 0 Å². The first kappa shape index (κ1) is 20.9. The molecule has 1 amide bonds. The van der Waals surface area contributed by atoms with Gasteiger partial charge in [-0.3, -0.25) is 4.79 Å². The smallest absolute Gasteiger partial charge is 0.248 e. The zero-order valence-corrected chi connectivity index (χ0v) is 17.6. The fourth-order valence-corrected chi connectivity index (χ4v) is 3.41. The number of amides is 1. The number of carbonyl (C=O) groups is 1. The van der Waals surface area contributed by atoms with Gasteiger partial charge in [0.2, 0.25) is 11.9 Å². The molecule has 1 atom stereocenters. The Morgan fingerprint density at radius 3 is 2.79 bits per heavy atom. The van der Waals surface area contributed by atoms with Crippen LogP contribution in [-0.2, 0) is 0 Å². The minimum atomic E-state index is -0.454. The number of aromatic nitrogens is 2. The first-order valence-electron chi connectivity index (χ1n) is 10.1. The van der Waals surface area contributed by atoms with E-state index >= 15 is 0 Å². The van der Waals surface area contributed by atoms with E-state index in [1.807, 2.05) is 26.1 Å². The Bertz CT molecular complexity index is 862. The number of primary amides is 1. The Hall–Kier alpha value is -2.87. The summed E-state index contributed by atoms with van der Waals surface area (Å²) >= 11 is 0. The molecular formula is C21H31N7O. The molecule has 0 saturated carbocycles. The van der Waals surface area contributed by atoms with Crippen molar-refractivity contribution in [3.05, 3.63) is 35.4 Å². The zero-order chi connectivity index (χ0) is 21.0. The van der Waals surface area contributed by atoms with Crippen LogP contribution in [0.15, 0.2) is 24.3 Å². The van der Waals surface area contributed by atoms with Gasteiger partial charge in [0.15, 0.2) is 0 Å². The SMILES string of the molecule is Cc1ccc(C(N)=O)cc1Nc1cc(N(C)CC(C)C)nc(N[C@@H]2CCNC2)n1. The van der Waals surface area contributed by atoms with Gasteiger partial charge in [-0.2, -0.15) is 9.97 Å². The zero-order valence-electron chi connectivity index (χ0n) is 17.6. The maximum absolute atomic E-state index is 11.6. The van der Waals surface area contributed by atoms with Crippen LogP contribution in [0.3, 0.4) is 0 Å². The molecule has 0 bridgehead atoms. The molecule has 1 saturated heterocycles. The highest BCUT2D eigenvalue weighted by Crippen LogP contribution is 2.25. The van der Waals surface area contributed by atoms with Crippen LogP contribution in [0.1, 0.15) is 36.2 Å². The van der Waals surface area contributed by atoms with E-state index in [9.17, 15) is 4.79 Å². The Morgan fingerprint density at radius 1 is 1.34 bits per heavy atom. The molecule has 0 aliphatic carbocycles. The molecule has 2 aromatic rings. The summed E-state index contributed by atoms with van der Waals surface area (Å²) < 4.78 is 0.